The van der Waals surface area contributed by atoms with E-state index >= 15 is 0 Å². The molecule has 52 heavy (non-hydrogen) atoms. The van der Waals surface area contributed by atoms with Gasteiger partial charge >= 0.3 is 12.0 Å². The fourth-order valence-corrected chi connectivity index (χ4v) is 6.44. The number of hydrogen-bond acceptors (Lipinski definition) is 7. The molecule has 1 aromatic heterocycles. The maximum Gasteiger partial charge on any atom is 0.338 e. The van der Waals surface area contributed by atoms with Crippen LogP contribution in [0.1, 0.15) is 129 Å². The second-order valence-corrected chi connectivity index (χ2v) is 13.9. The minimum absolute atomic E-state index is 0.0221. The number of hydrogen-bond donors (Lipinski definition) is 2. The molecule has 1 fully saturated rings. The number of carbonyl (C=O) groups excluding carboxylic acids is 5. The third kappa shape index (κ3) is 12.0. The summed E-state index contributed by atoms with van der Waals surface area (Å²) in [6.07, 6.45) is 17.2. The Morgan fingerprint density at radius 2 is 1.48 bits per heavy atom. The lowest BCUT2D eigenvalue weighted by atomic mass is 10.0. The number of H-pyrrole nitrogens is 1. The Kier molecular flexibility index (Phi) is 16.4. The first-order chi connectivity index (χ1) is 25.2. The zero-order valence-corrected chi connectivity index (χ0v) is 31.2. The molecule has 4 rings (SSSR count). The predicted molar refractivity (Wildman–Crippen MR) is 201 cm³/mol. The molecule has 0 saturated carbocycles. The Hall–Kier alpha value is -4.51. The summed E-state index contributed by atoms with van der Waals surface area (Å²) in [4.78, 5) is 69.1. The molecule has 1 saturated heterocycles. The molecule has 1 aliphatic rings. The molecule has 0 aliphatic carbocycles. The molecule has 3 aromatic rings. The molecule has 1 unspecified atom stereocenters. The van der Waals surface area contributed by atoms with E-state index in [0.717, 1.165) is 24.8 Å². The van der Waals surface area contributed by atoms with Crippen LogP contribution in [0.5, 0.6) is 0 Å². The molecule has 2 N–H and O–H groups in total. The lowest BCUT2D eigenvalue weighted by Gasteiger charge is -2.24. The summed E-state index contributed by atoms with van der Waals surface area (Å²) in [5, 5.41) is 9.27. The minimum Gasteiger partial charge on any atom is -0.462 e. The molecule has 1 atom stereocenters. The van der Waals surface area contributed by atoms with Crippen LogP contribution in [0.3, 0.4) is 0 Å². The summed E-state index contributed by atoms with van der Waals surface area (Å²) >= 11 is 6.40. The van der Waals surface area contributed by atoms with Crippen molar-refractivity contribution in [3.63, 3.8) is 0 Å². The fraction of sp³-hybridized carbons (Fsp3) is 0.500. The van der Waals surface area contributed by atoms with Crippen molar-refractivity contribution in [3.05, 3.63) is 82.1 Å². The standard InChI is InChI=1S/C40H52ClN5O6/c1-3-4-5-6-7-8-9-10-11-12-13-14-15-19-24-52-39(50)31-22-23-32(41)33(26-31)42-38(49)36(37(48)34-25-29(2)43-44-34)46-35(47)28-45(40(46)51)27-30-20-17-16-18-21-30/h16-18,20-23,25-26,36H,3-15,19,24,27-28H2,1-2H3,(H,42,49)(H,43,44). The second kappa shape index (κ2) is 21.1. The van der Waals surface area contributed by atoms with E-state index in [4.69, 9.17) is 16.3 Å². The SMILES string of the molecule is CCCCCCCCCCCCCCCCOC(=O)c1ccc(Cl)c(NC(=O)C(C(=O)c2cc(C)[nH]n2)N2C(=O)CN(Cc3ccccc3)C2=O)c1. The lowest BCUT2D eigenvalue weighted by molar-refractivity contribution is -0.131. The quantitative estimate of drug-likeness (QED) is 0.0327. The number of aromatic amines is 1. The van der Waals surface area contributed by atoms with E-state index in [1.807, 2.05) is 30.3 Å². The summed E-state index contributed by atoms with van der Waals surface area (Å²) in [6, 6.07) is 12.1. The normalized spacial score (nSPS) is 13.4. The maximum atomic E-state index is 13.8. The number of nitrogens with zero attached hydrogens (tertiary/aromatic N) is 3. The highest BCUT2D eigenvalue weighted by Crippen LogP contribution is 2.26. The highest BCUT2D eigenvalue weighted by molar-refractivity contribution is 6.34. The van der Waals surface area contributed by atoms with Crippen LogP contribution in [0.15, 0.2) is 54.6 Å². The van der Waals surface area contributed by atoms with E-state index in [9.17, 15) is 24.0 Å². The van der Waals surface area contributed by atoms with Crippen molar-refractivity contribution in [1.82, 2.24) is 20.0 Å². The maximum absolute atomic E-state index is 13.8. The molecular formula is C40H52ClN5O6. The number of anilines is 1. The molecule has 0 bridgehead atoms. The highest BCUT2D eigenvalue weighted by atomic mass is 35.5. The van der Waals surface area contributed by atoms with Crippen molar-refractivity contribution in [1.29, 1.82) is 0 Å². The monoisotopic (exact) mass is 733 g/mol. The van der Waals surface area contributed by atoms with Gasteiger partial charge in [0.1, 0.15) is 12.2 Å². The number of aryl methyl sites for hydroxylation is 1. The van der Waals surface area contributed by atoms with Gasteiger partial charge in [0.2, 0.25) is 5.78 Å². The van der Waals surface area contributed by atoms with Gasteiger partial charge in [0.25, 0.3) is 11.8 Å². The Morgan fingerprint density at radius 1 is 0.865 bits per heavy atom. The number of nitrogens with one attached hydrogen (secondary N) is 2. The zero-order chi connectivity index (χ0) is 37.3. The van der Waals surface area contributed by atoms with Gasteiger partial charge in [-0.2, -0.15) is 5.10 Å². The molecule has 2 heterocycles. The largest absolute Gasteiger partial charge is 0.462 e. The van der Waals surface area contributed by atoms with Crippen molar-refractivity contribution in [2.45, 2.75) is 116 Å². The molecule has 0 spiro atoms. The number of halogens is 1. The topological polar surface area (TPSA) is 142 Å². The van der Waals surface area contributed by atoms with Gasteiger partial charge in [0, 0.05) is 12.2 Å². The van der Waals surface area contributed by atoms with Crippen LogP contribution in [-0.4, -0.2) is 68.8 Å². The first-order valence-electron chi connectivity index (χ1n) is 18.7. The lowest BCUT2D eigenvalue weighted by Crippen LogP contribution is -2.52. The molecule has 2 aromatic carbocycles. The molecule has 0 radical (unpaired) electrons. The van der Waals surface area contributed by atoms with E-state index in [-0.39, 0.29) is 41.7 Å². The Bertz CT molecular complexity index is 1640. The third-order valence-corrected chi connectivity index (χ3v) is 9.52. The van der Waals surface area contributed by atoms with Crippen LogP contribution in [-0.2, 0) is 20.9 Å². The Balaban J connectivity index is 1.29. The van der Waals surface area contributed by atoms with Gasteiger partial charge in [-0.3, -0.25) is 19.5 Å². The number of amides is 4. The zero-order valence-electron chi connectivity index (χ0n) is 30.5. The number of urea groups is 1. The fourth-order valence-electron chi connectivity index (χ4n) is 6.28. The number of benzene rings is 2. The van der Waals surface area contributed by atoms with Gasteiger partial charge in [-0.1, -0.05) is 132 Å². The van der Waals surface area contributed by atoms with Gasteiger partial charge in [0.15, 0.2) is 6.04 Å². The van der Waals surface area contributed by atoms with E-state index < -0.39 is 35.6 Å². The van der Waals surface area contributed by atoms with Crippen molar-refractivity contribution >= 4 is 46.9 Å². The van der Waals surface area contributed by atoms with Crippen LogP contribution >= 0.6 is 11.6 Å². The van der Waals surface area contributed by atoms with E-state index in [1.165, 1.54) is 99.8 Å². The van der Waals surface area contributed by atoms with E-state index in [2.05, 4.69) is 22.4 Å². The van der Waals surface area contributed by atoms with Crippen molar-refractivity contribution in [2.24, 2.45) is 0 Å². The summed E-state index contributed by atoms with van der Waals surface area (Å²) in [5.74, 6) is -3.13. The number of carbonyl (C=O) groups is 5. The Labute approximate surface area is 311 Å². The van der Waals surface area contributed by atoms with Crippen LogP contribution in [0.2, 0.25) is 5.02 Å². The highest BCUT2D eigenvalue weighted by Gasteiger charge is 2.47. The summed E-state index contributed by atoms with van der Waals surface area (Å²) in [6.45, 7) is 3.98. The number of ketones is 1. The molecular weight excluding hydrogens is 682 g/mol. The number of esters is 1. The first kappa shape index (κ1) is 40.3. The average molecular weight is 734 g/mol. The third-order valence-electron chi connectivity index (χ3n) is 9.19. The van der Waals surface area contributed by atoms with Crippen molar-refractivity contribution in [2.75, 3.05) is 18.5 Å². The molecule has 4 amide bonds. The number of Topliss-reactive ketones (excluding diaryl/α,β-unsaturated/α-hetero) is 1. The average Bonchev–Trinajstić information content (AvgIpc) is 3.69. The molecule has 280 valence electrons. The molecule has 1 aliphatic heterocycles. The van der Waals surface area contributed by atoms with Crippen molar-refractivity contribution < 1.29 is 28.7 Å². The Morgan fingerprint density at radius 3 is 2.08 bits per heavy atom. The predicted octanol–water partition coefficient (Wildman–Crippen LogP) is 8.66. The first-order valence-corrected chi connectivity index (χ1v) is 19.1. The van der Waals surface area contributed by atoms with Gasteiger partial charge < -0.3 is 15.0 Å². The summed E-state index contributed by atoms with van der Waals surface area (Å²) in [5.41, 5.74) is 1.38. The van der Waals surface area contributed by atoms with Gasteiger partial charge in [-0.25, -0.2) is 14.5 Å². The number of aromatic nitrogens is 2. The van der Waals surface area contributed by atoms with Crippen molar-refractivity contribution in [3.8, 4) is 0 Å². The number of imide groups is 1. The molecule has 12 heteroatoms. The second-order valence-electron chi connectivity index (χ2n) is 13.5. The number of unbranched alkanes of at least 4 members (excludes halogenated alkanes) is 13. The summed E-state index contributed by atoms with van der Waals surface area (Å²) in [7, 11) is 0. The van der Waals surface area contributed by atoms with Gasteiger partial charge in [-0.15, -0.1) is 0 Å². The number of ether oxygens (including phenoxy) is 1. The minimum atomic E-state index is -1.88. The van der Waals surface area contributed by atoms with Gasteiger partial charge in [0.05, 0.1) is 22.9 Å². The smallest absolute Gasteiger partial charge is 0.338 e. The van der Waals surface area contributed by atoms with Crippen LogP contribution in [0.25, 0.3) is 0 Å². The van der Waals surface area contributed by atoms with Crippen LogP contribution in [0, 0.1) is 6.92 Å². The van der Waals surface area contributed by atoms with Gasteiger partial charge in [-0.05, 0) is 43.2 Å². The van der Waals surface area contributed by atoms with Crippen LogP contribution < -0.4 is 5.32 Å². The summed E-state index contributed by atoms with van der Waals surface area (Å²) < 4.78 is 5.49. The number of rotatable bonds is 23. The van der Waals surface area contributed by atoms with E-state index in [1.54, 1.807) is 6.92 Å². The molecule has 11 nitrogen and oxygen atoms in total. The van der Waals surface area contributed by atoms with Crippen LogP contribution in [0.4, 0.5) is 10.5 Å². The van der Waals surface area contributed by atoms with E-state index in [0.29, 0.717) is 10.6 Å².